The summed E-state index contributed by atoms with van der Waals surface area (Å²) >= 11 is 1.47. The van der Waals surface area contributed by atoms with E-state index >= 15 is 0 Å². The summed E-state index contributed by atoms with van der Waals surface area (Å²) in [6.07, 6.45) is 5.72. The van der Waals surface area contributed by atoms with E-state index in [1.807, 2.05) is 55.6 Å². The molecule has 156 valence electrons. The number of thiazole rings is 1. The zero-order valence-corrected chi connectivity index (χ0v) is 17.9. The molecule has 0 spiro atoms. The molecule has 6 nitrogen and oxygen atoms in total. The first-order valence-electron chi connectivity index (χ1n) is 9.80. The first kappa shape index (κ1) is 21.5. The fraction of sp³-hybridized carbons (Fsp3) is 0.261. The van der Waals surface area contributed by atoms with Crippen LogP contribution in [-0.2, 0) is 16.1 Å². The number of esters is 1. The molecule has 0 radical (unpaired) electrons. The lowest BCUT2D eigenvalue weighted by atomic mass is 10.2. The molecule has 0 aliphatic heterocycles. The largest absolute Gasteiger partial charge is 0.490 e. The Kier molecular flexibility index (Phi) is 7.97. The third kappa shape index (κ3) is 6.15. The smallest absolute Gasteiger partial charge is 0.331 e. The standard InChI is InChI=1S/C23H24N2O4S/c1-3-13-28-20-10-8-17(14-21(20)27-4-2)9-11-22(26)29-15-18-16-30-23(25-18)19-7-5-6-12-24-19/h5-12,14,16H,3-4,13,15H2,1-2H3/b11-9+. The number of nitrogens with zero attached hydrogens (tertiary/aromatic N) is 2. The van der Waals surface area contributed by atoms with E-state index in [0.717, 1.165) is 22.7 Å². The molecule has 0 saturated carbocycles. The number of carbonyl (C=O) groups is 1. The number of aromatic nitrogens is 2. The minimum atomic E-state index is -0.438. The van der Waals surface area contributed by atoms with Crippen LogP contribution in [0.2, 0.25) is 0 Å². The second-order valence-corrected chi connectivity index (χ2v) is 7.15. The highest BCUT2D eigenvalue weighted by molar-refractivity contribution is 7.13. The molecule has 7 heteroatoms. The average molecular weight is 425 g/mol. The molecule has 0 aliphatic rings. The molecule has 3 rings (SSSR count). The van der Waals surface area contributed by atoms with E-state index in [9.17, 15) is 4.79 Å². The summed E-state index contributed by atoms with van der Waals surface area (Å²) in [6, 6.07) is 11.2. The molecule has 3 aromatic rings. The minimum absolute atomic E-state index is 0.112. The van der Waals surface area contributed by atoms with Gasteiger partial charge in [0.1, 0.15) is 11.6 Å². The Morgan fingerprint density at radius 2 is 2.03 bits per heavy atom. The Bertz CT molecular complexity index is 986. The third-order valence-corrected chi connectivity index (χ3v) is 4.85. The number of benzene rings is 1. The highest BCUT2D eigenvalue weighted by Crippen LogP contribution is 2.29. The average Bonchev–Trinajstić information content (AvgIpc) is 3.25. The Labute approximate surface area is 180 Å². The molecule has 0 N–H and O–H groups in total. The van der Waals surface area contributed by atoms with Gasteiger partial charge in [0, 0.05) is 17.7 Å². The van der Waals surface area contributed by atoms with E-state index < -0.39 is 5.97 Å². The third-order valence-electron chi connectivity index (χ3n) is 3.94. The van der Waals surface area contributed by atoms with Gasteiger partial charge in [-0.15, -0.1) is 11.3 Å². The van der Waals surface area contributed by atoms with Crippen molar-refractivity contribution in [2.75, 3.05) is 13.2 Å². The predicted octanol–water partition coefficient (Wildman–Crippen LogP) is 5.15. The Hall–Kier alpha value is -3.19. The Morgan fingerprint density at radius 3 is 2.80 bits per heavy atom. The number of rotatable bonds is 10. The monoisotopic (exact) mass is 424 g/mol. The van der Waals surface area contributed by atoms with E-state index in [-0.39, 0.29) is 6.61 Å². The summed E-state index contributed by atoms with van der Waals surface area (Å²) in [7, 11) is 0. The van der Waals surface area contributed by atoms with Crippen LogP contribution < -0.4 is 9.47 Å². The number of hydrogen-bond acceptors (Lipinski definition) is 7. The molecule has 0 aliphatic carbocycles. The summed E-state index contributed by atoms with van der Waals surface area (Å²) in [4.78, 5) is 20.8. The Morgan fingerprint density at radius 1 is 1.13 bits per heavy atom. The molecule has 2 aromatic heterocycles. The lowest BCUT2D eigenvalue weighted by Gasteiger charge is -2.12. The van der Waals surface area contributed by atoms with Gasteiger partial charge in [-0.1, -0.05) is 19.1 Å². The van der Waals surface area contributed by atoms with Crippen LogP contribution in [0.3, 0.4) is 0 Å². The fourth-order valence-corrected chi connectivity index (χ4v) is 3.35. The highest BCUT2D eigenvalue weighted by atomic mass is 32.1. The molecular formula is C23H24N2O4S. The van der Waals surface area contributed by atoms with Crippen molar-refractivity contribution in [1.29, 1.82) is 0 Å². The van der Waals surface area contributed by atoms with Crippen molar-refractivity contribution in [3.8, 4) is 22.2 Å². The predicted molar refractivity (Wildman–Crippen MR) is 118 cm³/mol. The fourth-order valence-electron chi connectivity index (χ4n) is 2.57. The number of hydrogen-bond donors (Lipinski definition) is 0. The summed E-state index contributed by atoms with van der Waals surface area (Å²) in [6.45, 7) is 5.24. The minimum Gasteiger partial charge on any atom is -0.490 e. The maximum Gasteiger partial charge on any atom is 0.331 e. The summed E-state index contributed by atoms with van der Waals surface area (Å²) in [5.74, 6) is 0.920. The molecule has 0 saturated heterocycles. The van der Waals surface area contributed by atoms with E-state index in [0.29, 0.717) is 30.4 Å². The molecule has 1 aromatic carbocycles. The van der Waals surface area contributed by atoms with Crippen molar-refractivity contribution in [3.05, 3.63) is 65.3 Å². The molecule has 0 fully saturated rings. The normalized spacial score (nSPS) is 10.9. The van der Waals surface area contributed by atoms with Gasteiger partial charge in [0.15, 0.2) is 11.5 Å². The topological polar surface area (TPSA) is 70.5 Å². The Balaban J connectivity index is 1.57. The van der Waals surface area contributed by atoms with Crippen LogP contribution in [0.25, 0.3) is 16.8 Å². The molecule has 2 heterocycles. The molecule has 0 bridgehead atoms. The van der Waals surface area contributed by atoms with E-state index in [1.165, 1.54) is 17.4 Å². The number of pyridine rings is 1. The van der Waals surface area contributed by atoms with Crippen molar-refractivity contribution in [2.24, 2.45) is 0 Å². The maximum absolute atomic E-state index is 12.1. The SMILES string of the molecule is CCCOc1ccc(/C=C/C(=O)OCc2csc(-c3ccccn3)n2)cc1OCC. The molecule has 0 atom stereocenters. The van der Waals surface area contributed by atoms with Gasteiger partial charge in [-0.25, -0.2) is 9.78 Å². The quantitative estimate of drug-likeness (QED) is 0.331. The van der Waals surface area contributed by atoms with Gasteiger partial charge >= 0.3 is 5.97 Å². The number of ether oxygens (including phenoxy) is 3. The second kappa shape index (κ2) is 11.1. The van der Waals surface area contributed by atoms with Crippen LogP contribution in [0.4, 0.5) is 0 Å². The van der Waals surface area contributed by atoms with E-state index in [2.05, 4.69) is 9.97 Å². The van der Waals surface area contributed by atoms with Gasteiger partial charge in [0.25, 0.3) is 0 Å². The summed E-state index contributed by atoms with van der Waals surface area (Å²) < 4.78 is 16.6. The summed E-state index contributed by atoms with van der Waals surface area (Å²) in [5, 5.41) is 2.66. The van der Waals surface area contributed by atoms with Gasteiger partial charge in [0.2, 0.25) is 0 Å². The van der Waals surface area contributed by atoms with Crippen molar-refractivity contribution >= 4 is 23.4 Å². The van der Waals surface area contributed by atoms with Gasteiger partial charge in [-0.2, -0.15) is 0 Å². The molecule has 0 amide bonds. The second-order valence-electron chi connectivity index (χ2n) is 6.29. The highest BCUT2D eigenvalue weighted by Gasteiger charge is 2.08. The van der Waals surface area contributed by atoms with Gasteiger partial charge in [0.05, 0.1) is 24.6 Å². The molecule has 0 unspecified atom stereocenters. The molecule has 30 heavy (non-hydrogen) atoms. The van der Waals surface area contributed by atoms with Crippen LogP contribution in [0, 0.1) is 0 Å². The van der Waals surface area contributed by atoms with Crippen molar-refractivity contribution < 1.29 is 19.0 Å². The molecular weight excluding hydrogens is 400 g/mol. The maximum atomic E-state index is 12.1. The van der Waals surface area contributed by atoms with Crippen LogP contribution in [0.1, 0.15) is 31.5 Å². The van der Waals surface area contributed by atoms with E-state index in [1.54, 1.807) is 12.3 Å². The summed E-state index contributed by atoms with van der Waals surface area (Å²) in [5.41, 5.74) is 2.32. The van der Waals surface area contributed by atoms with Crippen LogP contribution >= 0.6 is 11.3 Å². The number of carbonyl (C=O) groups excluding carboxylic acids is 1. The zero-order chi connectivity index (χ0) is 21.2. The zero-order valence-electron chi connectivity index (χ0n) is 17.0. The van der Waals surface area contributed by atoms with Crippen molar-refractivity contribution in [3.63, 3.8) is 0 Å². The van der Waals surface area contributed by atoms with Crippen LogP contribution in [-0.4, -0.2) is 29.2 Å². The first-order chi connectivity index (χ1) is 14.7. The van der Waals surface area contributed by atoms with Crippen molar-refractivity contribution in [1.82, 2.24) is 9.97 Å². The lowest BCUT2D eigenvalue weighted by Crippen LogP contribution is -2.01. The van der Waals surface area contributed by atoms with Crippen molar-refractivity contribution in [2.45, 2.75) is 26.9 Å². The lowest BCUT2D eigenvalue weighted by molar-refractivity contribution is -0.139. The van der Waals surface area contributed by atoms with Gasteiger partial charge < -0.3 is 14.2 Å². The van der Waals surface area contributed by atoms with Crippen LogP contribution in [0.5, 0.6) is 11.5 Å². The van der Waals surface area contributed by atoms with Gasteiger partial charge in [-0.05, 0) is 49.2 Å². The van der Waals surface area contributed by atoms with Gasteiger partial charge in [-0.3, -0.25) is 4.98 Å². The van der Waals surface area contributed by atoms with Crippen LogP contribution in [0.15, 0.2) is 54.1 Å². The first-order valence-corrected chi connectivity index (χ1v) is 10.7. The van der Waals surface area contributed by atoms with E-state index in [4.69, 9.17) is 14.2 Å².